The molecule has 1 N–H and O–H groups in total. The third kappa shape index (κ3) is 3.93. The number of carbonyl (C=O) groups excluding carboxylic acids is 1. The van der Waals surface area contributed by atoms with Crippen molar-refractivity contribution in [3.63, 3.8) is 0 Å². The summed E-state index contributed by atoms with van der Waals surface area (Å²) in [5.41, 5.74) is 1.39. The van der Waals surface area contributed by atoms with E-state index in [2.05, 4.69) is 20.5 Å². The van der Waals surface area contributed by atoms with Crippen molar-refractivity contribution >= 4 is 22.6 Å². The van der Waals surface area contributed by atoms with E-state index >= 15 is 0 Å². The molecule has 2 aromatic heterocycles. The van der Waals surface area contributed by atoms with Gasteiger partial charge < -0.3 is 10.1 Å². The molecule has 4 rings (SSSR count). The highest BCUT2D eigenvalue weighted by molar-refractivity contribution is 6.03. The summed E-state index contributed by atoms with van der Waals surface area (Å²) < 4.78 is 22.4. The smallest absolute Gasteiger partial charge is 0.247 e. The molecule has 0 bridgehead atoms. The van der Waals surface area contributed by atoms with Crippen molar-refractivity contribution < 1.29 is 13.9 Å². The SMILES string of the molecule is CC(C)Oc1cccc2c1c(NC(=O)Cn1cncn1)nn2-c1ccc(F)cc1. The monoisotopic (exact) mass is 394 g/mol. The lowest BCUT2D eigenvalue weighted by molar-refractivity contribution is -0.116. The molecule has 0 aliphatic rings. The Balaban J connectivity index is 1.78. The van der Waals surface area contributed by atoms with E-state index in [-0.39, 0.29) is 24.4 Å². The fourth-order valence-corrected chi connectivity index (χ4v) is 2.99. The summed E-state index contributed by atoms with van der Waals surface area (Å²) in [6.07, 6.45) is 2.76. The number of carbonyl (C=O) groups is 1. The molecule has 2 heterocycles. The van der Waals surface area contributed by atoms with Crippen LogP contribution < -0.4 is 10.1 Å². The molecule has 9 heteroatoms. The first kappa shape index (κ1) is 18.6. The van der Waals surface area contributed by atoms with Crippen LogP contribution in [0.25, 0.3) is 16.6 Å². The second-order valence-corrected chi connectivity index (χ2v) is 6.69. The number of aromatic nitrogens is 5. The Labute approximate surface area is 165 Å². The van der Waals surface area contributed by atoms with Crippen LogP contribution in [0.1, 0.15) is 13.8 Å². The number of anilines is 1. The fourth-order valence-electron chi connectivity index (χ4n) is 2.99. The number of benzene rings is 2. The predicted molar refractivity (Wildman–Crippen MR) is 105 cm³/mol. The summed E-state index contributed by atoms with van der Waals surface area (Å²) in [5, 5.41) is 12.0. The van der Waals surface area contributed by atoms with Gasteiger partial charge in [0.25, 0.3) is 0 Å². The molecule has 1 amide bonds. The quantitative estimate of drug-likeness (QED) is 0.543. The average molecular weight is 394 g/mol. The number of halogens is 1. The maximum atomic E-state index is 13.4. The molecular weight excluding hydrogens is 375 g/mol. The number of hydrogen-bond acceptors (Lipinski definition) is 5. The first-order valence-corrected chi connectivity index (χ1v) is 9.08. The van der Waals surface area contributed by atoms with Crippen LogP contribution in [0.3, 0.4) is 0 Å². The van der Waals surface area contributed by atoms with Gasteiger partial charge in [0.15, 0.2) is 5.82 Å². The summed E-state index contributed by atoms with van der Waals surface area (Å²) >= 11 is 0. The molecule has 0 aliphatic carbocycles. The molecule has 148 valence electrons. The Morgan fingerprint density at radius 1 is 1.21 bits per heavy atom. The number of ether oxygens (including phenoxy) is 1. The lowest BCUT2D eigenvalue weighted by Gasteiger charge is -2.11. The van der Waals surface area contributed by atoms with Gasteiger partial charge in [0, 0.05) is 0 Å². The second-order valence-electron chi connectivity index (χ2n) is 6.69. The standard InChI is InChI=1S/C20H19FN6O2/c1-13(2)29-17-5-3-4-16-19(17)20(24-18(28)10-26-12-22-11-23-26)25-27(16)15-8-6-14(21)7-9-15/h3-9,11-13H,10H2,1-2H3,(H,24,25,28). The minimum atomic E-state index is -0.338. The summed E-state index contributed by atoms with van der Waals surface area (Å²) in [5.74, 6) is 0.309. The molecule has 0 aliphatic heterocycles. The normalized spacial score (nSPS) is 11.2. The first-order chi connectivity index (χ1) is 14.0. The van der Waals surface area contributed by atoms with Crippen molar-refractivity contribution in [3.05, 3.63) is 60.9 Å². The van der Waals surface area contributed by atoms with Crippen LogP contribution in [-0.2, 0) is 11.3 Å². The molecule has 0 unspecified atom stereocenters. The number of rotatable bonds is 6. The summed E-state index contributed by atoms with van der Waals surface area (Å²) in [6.45, 7) is 3.84. The molecule has 0 radical (unpaired) electrons. The Hall–Kier alpha value is -3.75. The highest BCUT2D eigenvalue weighted by Gasteiger charge is 2.19. The molecule has 8 nitrogen and oxygen atoms in total. The molecule has 0 atom stereocenters. The molecule has 29 heavy (non-hydrogen) atoms. The van der Waals surface area contributed by atoms with Gasteiger partial charge in [-0.15, -0.1) is 5.10 Å². The van der Waals surface area contributed by atoms with E-state index in [9.17, 15) is 9.18 Å². The van der Waals surface area contributed by atoms with E-state index in [1.165, 1.54) is 29.5 Å². The lowest BCUT2D eigenvalue weighted by Crippen LogP contribution is -2.19. The highest BCUT2D eigenvalue weighted by Crippen LogP contribution is 2.34. The van der Waals surface area contributed by atoms with E-state index in [0.29, 0.717) is 22.6 Å². The Bertz CT molecular complexity index is 1140. The minimum absolute atomic E-state index is 0.00188. The summed E-state index contributed by atoms with van der Waals surface area (Å²) in [6, 6.07) is 11.5. The van der Waals surface area contributed by atoms with Gasteiger partial charge in [0.1, 0.15) is 30.8 Å². The molecular formula is C20H19FN6O2. The van der Waals surface area contributed by atoms with Gasteiger partial charge in [-0.05, 0) is 50.2 Å². The van der Waals surface area contributed by atoms with E-state index < -0.39 is 0 Å². The molecule has 0 spiro atoms. The third-order valence-electron chi connectivity index (χ3n) is 4.13. The number of fused-ring (bicyclic) bond motifs is 1. The van der Waals surface area contributed by atoms with E-state index in [1.54, 1.807) is 16.8 Å². The van der Waals surface area contributed by atoms with Crippen molar-refractivity contribution in [2.75, 3.05) is 5.32 Å². The molecule has 0 fully saturated rings. The van der Waals surface area contributed by atoms with Gasteiger partial charge in [-0.25, -0.2) is 18.7 Å². The van der Waals surface area contributed by atoms with Gasteiger partial charge in [-0.1, -0.05) is 6.07 Å². The molecule has 2 aromatic carbocycles. The number of hydrogen-bond donors (Lipinski definition) is 1. The van der Waals surface area contributed by atoms with Crippen molar-refractivity contribution in [3.8, 4) is 11.4 Å². The average Bonchev–Trinajstić information content (AvgIpc) is 3.31. The van der Waals surface area contributed by atoms with E-state index in [1.807, 2.05) is 32.0 Å². The minimum Gasteiger partial charge on any atom is -0.490 e. The lowest BCUT2D eigenvalue weighted by atomic mass is 10.2. The van der Waals surface area contributed by atoms with Crippen LogP contribution >= 0.6 is 0 Å². The molecule has 0 saturated heterocycles. The van der Waals surface area contributed by atoms with Crippen LogP contribution in [0.5, 0.6) is 5.75 Å². The zero-order valence-electron chi connectivity index (χ0n) is 15.9. The van der Waals surface area contributed by atoms with Crippen LogP contribution in [0.15, 0.2) is 55.1 Å². The van der Waals surface area contributed by atoms with E-state index in [0.717, 1.165) is 5.52 Å². The van der Waals surface area contributed by atoms with Gasteiger partial charge >= 0.3 is 0 Å². The molecule has 0 saturated carbocycles. The van der Waals surface area contributed by atoms with Gasteiger partial charge in [0.2, 0.25) is 5.91 Å². The van der Waals surface area contributed by atoms with Crippen LogP contribution in [0.2, 0.25) is 0 Å². The number of amides is 1. The van der Waals surface area contributed by atoms with Gasteiger partial charge in [0.05, 0.1) is 22.7 Å². The van der Waals surface area contributed by atoms with Gasteiger partial charge in [-0.2, -0.15) is 5.10 Å². The maximum absolute atomic E-state index is 13.4. The maximum Gasteiger partial charge on any atom is 0.247 e. The Kier molecular flexibility index (Phi) is 4.94. The largest absolute Gasteiger partial charge is 0.490 e. The first-order valence-electron chi connectivity index (χ1n) is 9.08. The summed E-state index contributed by atoms with van der Waals surface area (Å²) in [4.78, 5) is 16.3. The Morgan fingerprint density at radius 2 is 2.00 bits per heavy atom. The van der Waals surface area contributed by atoms with Crippen molar-refractivity contribution in [2.45, 2.75) is 26.5 Å². The van der Waals surface area contributed by atoms with E-state index in [4.69, 9.17) is 4.74 Å². The van der Waals surface area contributed by atoms with Crippen LogP contribution in [0.4, 0.5) is 10.2 Å². The van der Waals surface area contributed by atoms with Crippen LogP contribution in [0, 0.1) is 5.82 Å². The topological polar surface area (TPSA) is 86.9 Å². The van der Waals surface area contributed by atoms with Crippen LogP contribution in [-0.4, -0.2) is 36.6 Å². The molecule has 4 aromatic rings. The summed E-state index contributed by atoms with van der Waals surface area (Å²) in [7, 11) is 0. The Morgan fingerprint density at radius 3 is 2.69 bits per heavy atom. The van der Waals surface area contributed by atoms with Gasteiger partial charge in [-0.3, -0.25) is 4.79 Å². The number of nitrogens with one attached hydrogen (secondary N) is 1. The zero-order chi connectivity index (χ0) is 20.4. The second kappa shape index (κ2) is 7.70. The van der Waals surface area contributed by atoms with Crippen molar-refractivity contribution in [2.24, 2.45) is 0 Å². The van der Waals surface area contributed by atoms with Crippen molar-refractivity contribution in [1.29, 1.82) is 0 Å². The zero-order valence-corrected chi connectivity index (χ0v) is 15.9. The predicted octanol–water partition coefficient (Wildman–Crippen LogP) is 3.18. The van der Waals surface area contributed by atoms with Crippen molar-refractivity contribution in [1.82, 2.24) is 24.5 Å². The fraction of sp³-hybridized carbons (Fsp3) is 0.200. The third-order valence-corrected chi connectivity index (χ3v) is 4.13. The highest BCUT2D eigenvalue weighted by atomic mass is 19.1. The number of nitrogens with zero attached hydrogens (tertiary/aromatic N) is 5.